The summed E-state index contributed by atoms with van der Waals surface area (Å²) < 4.78 is 2.41. The molecule has 0 aliphatic rings. The van der Waals surface area contributed by atoms with Crippen LogP contribution in [0.5, 0.6) is 0 Å². The van der Waals surface area contributed by atoms with Crippen molar-refractivity contribution in [3.8, 4) is 0 Å². The third kappa shape index (κ3) is 3.94. The number of aromatic nitrogens is 3. The van der Waals surface area contributed by atoms with Crippen LogP contribution in [0.3, 0.4) is 0 Å². The number of rotatable bonds is 5. The highest BCUT2D eigenvalue weighted by molar-refractivity contribution is 9.10. The summed E-state index contributed by atoms with van der Waals surface area (Å²) in [6.07, 6.45) is 1.96. The molecule has 2 heterocycles. The van der Waals surface area contributed by atoms with Gasteiger partial charge in [0.05, 0.1) is 16.4 Å². The van der Waals surface area contributed by atoms with Crippen LogP contribution in [-0.4, -0.2) is 25.7 Å². The number of nitrogens with one attached hydrogen (secondary N) is 1. The molecule has 0 fully saturated rings. The number of anilines is 2. The van der Waals surface area contributed by atoms with Gasteiger partial charge in [-0.2, -0.15) is 0 Å². The number of benzene rings is 2. The summed E-state index contributed by atoms with van der Waals surface area (Å²) in [5.41, 5.74) is 2.09. The van der Waals surface area contributed by atoms with Crippen molar-refractivity contribution in [1.29, 1.82) is 0 Å². The smallest absolute Gasteiger partial charge is 0.339 e. The molecule has 0 aliphatic heterocycles. The summed E-state index contributed by atoms with van der Waals surface area (Å²) in [5, 5.41) is 21.7. The maximum absolute atomic E-state index is 11.9. The molecule has 4 aromatic rings. The van der Waals surface area contributed by atoms with Crippen molar-refractivity contribution in [2.75, 3.05) is 5.32 Å². The van der Waals surface area contributed by atoms with E-state index in [-0.39, 0.29) is 16.3 Å². The van der Waals surface area contributed by atoms with Crippen molar-refractivity contribution >= 4 is 62.1 Å². The molecule has 2 N–H and O–H groups in total. The Kier molecular flexibility index (Phi) is 5.45. The lowest BCUT2D eigenvalue weighted by atomic mass is 10.1. The highest BCUT2D eigenvalue weighted by Gasteiger charge is 2.21. The Morgan fingerprint density at radius 3 is 2.59 bits per heavy atom. The molecule has 0 amide bonds. The third-order valence-electron chi connectivity index (χ3n) is 4.34. The van der Waals surface area contributed by atoms with E-state index < -0.39 is 5.97 Å². The monoisotopic (exact) mass is 490 g/mol. The Hall–Kier alpha value is -2.61. The van der Waals surface area contributed by atoms with E-state index in [0.717, 1.165) is 10.0 Å². The molecule has 0 aliphatic carbocycles. The van der Waals surface area contributed by atoms with E-state index in [0.29, 0.717) is 28.6 Å². The van der Waals surface area contributed by atoms with Gasteiger partial charge in [-0.3, -0.25) is 4.40 Å². The summed E-state index contributed by atoms with van der Waals surface area (Å²) in [5.74, 6) is -0.548. The number of halogens is 3. The highest BCUT2D eigenvalue weighted by Crippen LogP contribution is 2.36. The van der Waals surface area contributed by atoms with Gasteiger partial charge in [-0.1, -0.05) is 69.5 Å². The largest absolute Gasteiger partial charge is 0.478 e. The third-order valence-corrected chi connectivity index (χ3v) is 5.50. The molecule has 146 valence electrons. The van der Waals surface area contributed by atoms with Crippen LogP contribution < -0.4 is 5.32 Å². The fourth-order valence-corrected chi connectivity index (χ4v) is 3.94. The molecule has 0 bridgehead atoms. The van der Waals surface area contributed by atoms with E-state index in [2.05, 4.69) is 31.4 Å². The quantitative estimate of drug-likeness (QED) is 0.367. The van der Waals surface area contributed by atoms with E-state index in [1.807, 2.05) is 30.3 Å². The molecule has 29 heavy (non-hydrogen) atoms. The second-order valence-electron chi connectivity index (χ2n) is 6.26. The van der Waals surface area contributed by atoms with E-state index in [4.69, 9.17) is 23.2 Å². The fourth-order valence-electron chi connectivity index (χ4n) is 2.94. The molecule has 9 heteroatoms. The van der Waals surface area contributed by atoms with Crippen molar-refractivity contribution in [3.63, 3.8) is 0 Å². The molecular weight excluding hydrogens is 479 g/mol. The first-order chi connectivity index (χ1) is 13.9. The first-order valence-corrected chi connectivity index (χ1v) is 10.0. The number of nitrogens with zero attached hydrogens (tertiary/aromatic N) is 3. The van der Waals surface area contributed by atoms with Crippen molar-refractivity contribution < 1.29 is 9.90 Å². The minimum absolute atomic E-state index is 0.0180. The van der Waals surface area contributed by atoms with Gasteiger partial charge in [-0.05, 0) is 23.8 Å². The normalized spacial score (nSPS) is 11.0. The number of aromatic carboxylic acids is 1. The minimum atomic E-state index is -1.14. The van der Waals surface area contributed by atoms with Gasteiger partial charge in [0.15, 0.2) is 5.65 Å². The Balaban J connectivity index is 1.82. The van der Waals surface area contributed by atoms with Gasteiger partial charge in [-0.15, -0.1) is 10.2 Å². The number of pyridine rings is 1. The number of fused-ring (bicyclic) bond motifs is 1. The van der Waals surface area contributed by atoms with Crippen LogP contribution in [0.1, 0.15) is 21.7 Å². The van der Waals surface area contributed by atoms with Gasteiger partial charge in [0.1, 0.15) is 16.4 Å². The molecule has 0 saturated carbocycles. The molecule has 0 radical (unpaired) electrons. The summed E-state index contributed by atoms with van der Waals surface area (Å²) in [4.78, 5) is 11.9. The molecule has 0 saturated heterocycles. The molecule has 2 aromatic heterocycles. The van der Waals surface area contributed by atoms with Crippen molar-refractivity contribution in [2.24, 2.45) is 0 Å². The van der Waals surface area contributed by atoms with E-state index >= 15 is 0 Å². The van der Waals surface area contributed by atoms with Crippen LogP contribution in [-0.2, 0) is 6.42 Å². The molecular formula is C20H13BrCl2N4O2. The van der Waals surface area contributed by atoms with E-state index in [1.54, 1.807) is 22.6 Å². The van der Waals surface area contributed by atoms with E-state index in [9.17, 15) is 9.90 Å². The predicted octanol–water partition coefficient (Wildman–Crippen LogP) is 5.83. The Morgan fingerprint density at radius 1 is 1.14 bits per heavy atom. The lowest BCUT2D eigenvalue weighted by molar-refractivity contribution is 0.0697. The van der Waals surface area contributed by atoms with Crippen LogP contribution >= 0.6 is 39.1 Å². The van der Waals surface area contributed by atoms with Crippen molar-refractivity contribution in [3.05, 3.63) is 86.2 Å². The van der Waals surface area contributed by atoms with Crippen molar-refractivity contribution in [1.82, 2.24) is 14.6 Å². The second-order valence-corrected chi connectivity index (χ2v) is 7.96. The zero-order valence-corrected chi connectivity index (χ0v) is 17.8. The average Bonchev–Trinajstić information content (AvgIpc) is 3.09. The van der Waals surface area contributed by atoms with Crippen LogP contribution in [0, 0.1) is 0 Å². The average molecular weight is 492 g/mol. The minimum Gasteiger partial charge on any atom is -0.478 e. The first kappa shape index (κ1) is 19.7. The second kappa shape index (κ2) is 8.02. The SMILES string of the molecule is O=C(O)c1cn2c(Cc3ccccc3)nnc2c(Cl)c1Nc1ccc(Br)cc1Cl. The summed E-state index contributed by atoms with van der Waals surface area (Å²) in [6.45, 7) is 0. The maximum Gasteiger partial charge on any atom is 0.339 e. The molecule has 6 nitrogen and oxygen atoms in total. The Morgan fingerprint density at radius 2 is 1.90 bits per heavy atom. The number of hydrogen-bond acceptors (Lipinski definition) is 4. The molecule has 4 rings (SSSR count). The van der Waals surface area contributed by atoms with Crippen LogP contribution in [0.2, 0.25) is 10.0 Å². The maximum atomic E-state index is 11.9. The van der Waals surface area contributed by atoms with E-state index in [1.165, 1.54) is 6.20 Å². The molecule has 0 unspecified atom stereocenters. The lowest BCUT2D eigenvalue weighted by Gasteiger charge is -2.14. The fraction of sp³-hybridized carbons (Fsp3) is 0.0500. The van der Waals surface area contributed by atoms with Gasteiger partial charge >= 0.3 is 5.97 Å². The van der Waals surface area contributed by atoms with Crippen LogP contribution in [0.25, 0.3) is 5.65 Å². The topological polar surface area (TPSA) is 79.5 Å². The Bertz CT molecular complexity index is 1230. The molecule has 0 spiro atoms. The first-order valence-electron chi connectivity index (χ1n) is 8.49. The van der Waals surface area contributed by atoms with Crippen LogP contribution in [0.15, 0.2) is 59.2 Å². The standard InChI is InChI=1S/C20H13BrCl2N4O2/c21-12-6-7-15(14(22)9-12)24-18-13(20(28)29)10-27-16(25-26-19(27)17(18)23)8-11-4-2-1-3-5-11/h1-7,9-10,24H,8H2,(H,28,29). The van der Waals surface area contributed by atoms with Gasteiger partial charge in [0.2, 0.25) is 0 Å². The Labute approximate surface area is 184 Å². The predicted molar refractivity (Wildman–Crippen MR) is 117 cm³/mol. The number of carbonyl (C=O) groups is 1. The van der Waals surface area contributed by atoms with Gasteiger partial charge < -0.3 is 10.4 Å². The lowest BCUT2D eigenvalue weighted by Crippen LogP contribution is -2.08. The molecule has 2 aromatic carbocycles. The summed E-state index contributed by atoms with van der Waals surface area (Å²) >= 11 is 16.1. The zero-order chi connectivity index (χ0) is 20.5. The van der Waals surface area contributed by atoms with Crippen molar-refractivity contribution in [2.45, 2.75) is 6.42 Å². The van der Waals surface area contributed by atoms with Gasteiger partial charge in [0.25, 0.3) is 0 Å². The van der Waals surface area contributed by atoms with Crippen LogP contribution in [0.4, 0.5) is 11.4 Å². The number of carboxylic acid groups (broad SMARTS) is 1. The van der Waals surface area contributed by atoms with Gasteiger partial charge in [0, 0.05) is 17.1 Å². The molecule has 0 atom stereocenters. The van der Waals surface area contributed by atoms with Gasteiger partial charge in [-0.25, -0.2) is 4.79 Å². The summed E-state index contributed by atoms with van der Waals surface area (Å²) in [6, 6.07) is 14.9. The number of carboxylic acids is 1. The number of hydrogen-bond donors (Lipinski definition) is 2. The highest BCUT2D eigenvalue weighted by atomic mass is 79.9. The zero-order valence-electron chi connectivity index (χ0n) is 14.7. The summed E-state index contributed by atoms with van der Waals surface area (Å²) in [7, 11) is 0.